The Morgan fingerprint density at radius 3 is 2.87 bits per heavy atom. The summed E-state index contributed by atoms with van der Waals surface area (Å²) in [6, 6.07) is 14.5. The van der Waals surface area contributed by atoms with E-state index in [2.05, 4.69) is 58.5 Å². The van der Waals surface area contributed by atoms with Gasteiger partial charge in [0.1, 0.15) is 23.1 Å². The van der Waals surface area contributed by atoms with Crippen LogP contribution in [0.25, 0.3) is 0 Å². The summed E-state index contributed by atoms with van der Waals surface area (Å²) < 4.78 is 11.7. The number of aromatic nitrogens is 1. The van der Waals surface area contributed by atoms with Crippen molar-refractivity contribution >= 4 is 23.2 Å². The second kappa shape index (κ2) is 10.9. The standard InChI is InChI=1S/C30H33N3O4S/c1-19-4-2-5-22(14-19)28-25-15-23(10-9-20(25)11-12-33(28)30(35)21-7-8-21)37-17-27-32-26(18-38-27)29(34)31-16-24-6-3-13-36-24/h2,4-5,9-10,14-15,18,21,24,28H,3,6-8,11-13,16-17H2,1H3,(H,31,34)/t24-,28+/m0/s1. The third-order valence-electron chi connectivity index (χ3n) is 7.57. The van der Waals surface area contributed by atoms with Gasteiger partial charge in [0.15, 0.2) is 0 Å². The first-order chi connectivity index (χ1) is 18.5. The van der Waals surface area contributed by atoms with E-state index in [4.69, 9.17) is 9.47 Å². The number of fused-ring (bicyclic) bond motifs is 1. The van der Waals surface area contributed by atoms with Gasteiger partial charge >= 0.3 is 0 Å². The lowest BCUT2D eigenvalue weighted by Gasteiger charge is -2.38. The van der Waals surface area contributed by atoms with Crippen LogP contribution in [0.5, 0.6) is 5.75 Å². The molecule has 198 valence electrons. The van der Waals surface area contributed by atoms with Crippen LogP contribution in [0.15, 0.2) is 47.8 Å². The molecule has 2 atom stereocenters. The second-order valence-corrected chi connectivity index (χ2v) is 11.4. The second-order valence-electron chi connectivity index (χ2n) is 10.5. The van der Waals surface area contributed by atoms with Gasteiger partial charge in [0.2, 0.25) is 5.91 Å². The van der Waals surface area contributed by atoms with E-state index < -0.39 is 0 Å². The van der Waals surface area contributed by atoms with Crippen molar-refractivity contribution in [2.75, 3.05) is 19.7 Å². The molecule has 2 aromatic carbocycles. The minimum atomic E-state index is -0.182. The molecule has 1 saturated carbocycles. The molecule has 7 nitrogen and oxygen atoms in total. The highest BCUT2D eigenvalue weighted by molar-refractivity contribution is 7.09. The van der Waals surface area contributed by atoms with E-state index in [0.29, 0.717) is 12.2 Å². The number of thiazole rings is 1. The Balaban J connectivity index is 1.17. The van der Waals surface area contributed by atoms with Gasteiger partial charge < -0.3 is 19.7 Å². The van der Waals surface area contributed by atoms with E-state index in [1.807, 2.05) is 6.07 Å². The molecule has 2 aliphatic heterocycles. The Bertz CT molecular complexity index is 1330. The van der Waals surface area contributed by atoms with Gasteiger partial charge in [0.25, 0.3) is 5.91 Å². The van der Waals surface area contributed by atoms with Crippen molar-refractivity contribution in [1.29, 1.82) is 0 Å². The van der Waals surface area contributed by atoms with Crippen molar-refractivity contribution in [2.45, 2.75) is 57.8 Å². The normalized spacial score (nSPS) is 20.7. The Hall–Kier alpha value is -3.23. The van der Waals surface area contributed by atoms with Crippen LogP contribution >= 0.6 is 11.3 Å². The van der Waals surface area contributed by atoms with Crippen LogP contribution in [0.2, 0.25) is 0 Å². The molecule has 3 heterocycles. The van der Waals surface area contributed by atoms with Gasteiger partial charge in [-0.3, -0.25) is 9.59 Å². The number of rotatable bonds is 8. The molecule has 0 spiro atoms. The number of ether oxygens (including phenoxy) is 2. The Labute approximate surface area is 227 Å². The minimum absolute atomic E-state index is 0.100. The summed E-state index contributed by atoms with van der Waals surface area (Å²) >= 11 is 1.42. The van der Waals surface area contributed by atoms with Gasteiger partial charge in [-0.1, -0.05) is 35.9 Å². The summed E-state index contributed by atoms with van der Waals surface area (Å²) in [6.45, 7) is 4.38. The Morgan fingerprint density at radius 1 is 1.18 bits per heavy atom. The number of amides is 2. The fourth-order valence-electron chi connectivity index (χ4n) is 5.41. The van der Waals surface area contributed by atoms with E-state index >= 15 is 0 Å². The monoisotopic (exact) mass is 531 g/mol. The number of hydrogen-bond acceptors (Lipinski definition) is 6. The van der Waals surface area contributed by atoms with Gasteiger partial charge in [-0.25, -0.2) is 4.98 Å². The molecule has 0 bridgehead atoms. The molecule has 3 aliphatic rings. The third kappa shape index (κ3) is 5.47. The van der Waals surface area contributed by atoms with Crippen molar-refractivity contribution in [1.82, 2.24) is 15.2 Å². The van der Waals surface area contributed by atoms with E-state index in [1.165, 1.54) is 22.5 Å². The minimum Gasteiger partial charge on any atom is -0.486 e. The lowest BCUT2D eigenvalue weighted by molar-refractivity contribution is -0.134. The van der Waals surface area contributed by atoms with Crippen molar-refractivity contribution in [3.8, 4) is 5.75 Å². The molecular weight excluding hydrogens is 498 g/mol. The first-order valence-electron chi connectivity index (χ1n) is 13.5. The molecule has 8 heteroatoms. The first kappa shape index (κ1) is 25.1. The van der Waals surface area contributed by atoms with Crippen LogP contribution in [0.4, 0.5) is 0 Å². The Kier molecular flexibility index (Phi) is 7.17. The predicted molar refractivity (Wildman–Crippen MR) is 145 cm³/mol. The predicted octanol–water partition coefficient (Wildman–Crippen LogP) is 4.82. The smallest absolute Gasteiger partial charge is 0.270 e. The number of nitrogens with one attached hydrogen (secondary N) is 1. The number of hydrogen-bond donors (Lipinski definition) is 1. The van der Waals surface area contributed by atoms with Gasteiger partial charge in [0.05, 0.1) is 12.1 Å². The maximum atomic E-state index is 13.3. The van der Waals surface area contributed by atoms with Crippen LogP contribution in [-0.2, 0) is 22.6 Å². The highest BCUT2D eigenvalue weighted by Gasteiger charge is 2.39. The highest BCUT2D eigenvalue weighted by atomic mass is 32.1. The zero-order valence-corrected chi connectivity index (χ0v) is 22.5. The lowest BCUT2D eigenvalue weighted by Crippen LogP contribution is -2.41. The summed E-state index contributed by atoms with van der Waals surface area (Å²) in [7, 11) is 0. The zero-order chi connectivity index (χ0) is 26.1. The van der Waals surface area contributed by atoms with Crippen LogP contribution in [-0.4, -0.2) is 47.5 Å². The number of aryl methyl sites for hydroxylation is 1. The largest absolute Gasteiger partial charge is 0.486 e. The topological polar surface area (TPSA) is 80.8 Å². The van der Waals surface area contributed by atoms with Crippen LogP contribution < -0.4 is 10.1 Å². The molecule has 2 fully saturated rings. The average molecular weight is 532 g/mol. The molecule has 2 amide bonds. The SMILES string of the molecule is Cc1cccc([C@@H]2c3cc(OCc4nc(C(=O)NC[C@@H]5CCCO5)cs4)ccc3CCN2C(=O)C2CC2)c1. The molecule has 1 saturated heterocycles. The van der Waals surface area contributed by atoms with Crippen molar-refractivity contribution < 1.29 is 19.1 Å². The van der Waals surface area contributed by atoms with Crippen LogP contribution in [0.3, 0.4) is 0 Å². The number of carbonyl (C=O) groups is 2. The maximum absolute atomic E-state index is 13.3. The van der Waals surface area contributed by atoms with Gasteiger partial charge in [-0.05, 0) is 67.9 Å². The van der Waals surface area contributed by atoms with E-state index in [-0.39, 0.29) is 36.5 Å². The summed E-state index contributed by atoms with van der Waals surface area (Å²) in [6.07, 6.45) is 4.95. The van der Waals surface area contributed by atoms with Gasteiger partial charge in [-0.2, -0.15) is 0 Å². The molecule has 1 aliphatic carbocycles. The average Bonchev–Trinajstić information content (AvgIpc) is 3.44. The molecular formula is C30H33N3O4S. The summed E-state index contributed by atoms with van der Waals surface area (Å²) in [5.41, 5.74) is 5.10. The van der Waals surface area contributed by atoms with E-state index in [0.717, 1.165) is 67.1 Å². The molecule has 0 radical (unpaired) electrons. The van der Waals surface area contributed by atoms with Crippen molar-refractivity contribution in [3.63, 3.8) is 0 Å². The Morgan fingerprint density at radius 2 is 2.08 bits per heavy atom. The quantitative estimate of drug-likeness (QED) is 0.451. The maximum Gasteiger partial charge on any atom is 0.270 e. The van der Waals surface area contributed by atoms with Crippen molar-refractivity contribution in [3.05, 3.63) is 80.8 Å². The fourth-order valence-corrected chi connectivity index (χ4v) is 6.10. The molecule has 6 rings (SSSR count). The zero-order valence-electron chi connectivity index (χ0n) is 21.7. The van der Waals surface area contributed by atoms with Gasteiger partial charge in [-0.15, -0.1) is 11.3 Å². The molecule has 1 N–H and O–H groups in total. The molecule has 3 aromatic rings. The van der Waals surface area contributed by atoms with Crippen LogP contribution in [0.1, 0.15) is 69.5 Å². The third-order valence-corrected chi connectivity index (χ3v) is 8.40. The number of carbonyl (C=O) groups excluding carboxylic acids is 2. The molecule has 0 unspecified atom stereocenters. The lowest BCUT2D eigenvalue weighted by atomic mass is 9.87. The fraction of sp³-hybridized carbons (Fsp3) is 0.433. The molecule has 38 heavy (non-hydrogen) atoms. The molecule has 1 aromatic heterocycles. The number of benzene rings is 2. The number of nitrogens with zero attached hydrogens (tertiary/aromatic N) is 2. The highest BCUT2D eigenvalue weighted by Crippen LogP contribution is 2.41. The summed E-state index contributed by atoms with van der Waals surface area (Å²) in [5, 5.41) is 5.43. The van der Waals surface area contributed by atoms with Crippen molar-refractivity contribution in [2.24, 2.45) is 5.92 Å². The summed E-state index contributed by atoms with van der Waals surface area (Å²) in [4.78, 5) is 32.3. The first-order valence-corrected chi connectivity index (χ1v) is 14.4. The van der Waals surface area contributed by atoms with Gasteiger partial charge in [0, 0.05) is 31.0 Å². The van der Waals surface area contributed by atoms with E-state index in [1.54, 1.807) is 5.38 Å². The van der Waals surface area contributed by atoms with E-state index in [9.17, 15) is 9.59 Å². The van der Waals surface area contributed by atoms with Crippen LogP contribution in [0, 0.1) is 12.8 Å². The summed E-state index contributed by atoms with van der Waals surface area (Å²) in [5.74, 6) is 0.992.